The molecule has 1 amide bonds. The zero-order valence-electron chi connectivity index (χ0n) is 17.6. The van der Waals surface area contributed by atoms with E-state index in [1.165, 1.54) is 17.7 Å². The molecular weight excluding hydrogens is 374 g/mol. The summed E-state index contributed by atoms with van der Waals surface area (Å²) in [6.45, 7) is 10.0. The van der Waals surface area contributed by atoms with E-state index in [1.807, 2.05) is 32.1 Å². The molecule has 158 valence electrons. The van der Waals surface area contributed by atoms with Crippen LogP contribution in [-0.4, -0.2) is 62.3 Å². The number of ether oxygens (including phenoxy) is 1. The van der Waals surface area contributed by atoms with Crippen molar-refractivity contribution in [1.29, 1.82) is 0 Å². The number of amides is 1. The molecule has 3 N–H and O–H groups in total. The molecule has 2 rings (SSSR count). The van der Waals surface area contributed by atoms with Gasteiger partial charge >= 0.3 is 6.09 Å². The number of nitrogens with zero attached hydrogens (tertiary/aromatic N) is 2. The number of carbonyl (C=O) groups excluding carboxylic acids is 1. The molecule has 1 atom stereocenters. The SMILES string of the molecule is CN=C(NCCCNC(=O)OC(C)(C)C)NCC(c1cccs1)N1CCCC1. The van der Waals surface area contributed by atoms with E-state index >= 15 is 0 Å². The van der Waals surface area contributed by atoms with E-state index in [0.29, 0.717) is 12.6 Å². The van der Waals surface area contributed by atoms with Gasteiger partial charge in [-0.2, -0.15) is 0 Å². The Morgan fingerprint density at radius 1 is 1.25 bits per heavy atom. The second-order valence-electron chi connectivity index (χ2n) is 7.94. The number of guanidine groups is 1. The number of alkyl carbamates (subject to hydrolysis) is 1. The number of aliphatic imine (C=N–C) groups is 1. The fraction of sp³-hybridized carbons (Fsp3) is 0.700. The van der Waals surface area contributed by atoms with Crippen LogP contribution >= 0.6 is 11.3 Å². The van der Waals surface area contributed by atoms with Gasteiger partial charge in [0.2, 0.25) is 0 Å². The van der Waals surface area contributed by atoms with Gasteiger partial charge in [-0.05, 0) is 64.6 Å². The van der Waals surface area contributed by atoms with Crippen LogP contribution in [0.2, 0.25) is 0 Å². The molecular formula is C20H35N5O2S. The smallest absolute Gasteiger partial charge is 0.407 e. The molecule has 1 aliphatic heterocycles. The van der Waals surface area contributed by atoms with Gasteiger partial charge < -0.3 is 20.7 Å². The van der Waals surface area contributed by atoms with Crippen LogP contribution in [0.5, 0.6) is 0 Å². The van der Waals surface area contributed by atoms with Crippen molar-refractivity contribution in [3.8, 4) is 0 Å². The molecule has 8 heteroatoms. The molecule has 1 aromatic rings. The molecule has 1 unspecified atom stereocenters. The Kier molecular flexibility index (Phi) is 9.05. The lowest BCUT2D eigenvalue weighted by molar-refractivity contribution is 0.0527. The fourth-order valence-electron chi connectivity index (χ4n) is 3.16. The first-order valence-electron chi connectivity index (χ1n) is 10.1. The van der Waals surface area contributed by atoms with Gasteiger partial charge in [0.1, 0.15) is 5.60 Å². The van der Waals surface area contributed by atoms with Crippen LogP contribution in [-0.2, 0) is 4.74 Å². The zero-order valence-corrected chi connectivity index (χ0v) is 18.4. The Bertz CT molecular complexity index is 607. The minimum Gasteiger partial charge on any atom is -0.444 e. The number of thiophene rings is 1. The average molecular weight is 410 g/mol. The van der Waals surface area contributed by atoms with Crippen LogP contribution in [0.1, 0.15) is 51.0 Å². The maximum Gasteiger partial charge on any atom is 0.407 e. The molecule has 0 aliphatic carbocycles. The first-order chi connectivity index (χ1) is 13.4. The van der Waals surface area contributed by atoms with Crippen molar-refractivity contribution in [1.82, 2.24) is 20.9 Å². The second-order valence-corrected chi connectivity index (χ2v) is 8.92. The van der Waals surface area contributed by atoms with Gasteiger partial charge in [-0.15, -0.1) is 11.3 Å². The highest BCUT2D eigenvalue weighted by Crippen LogP contribution is 2.27. The van der Waals surface area contributed by atoms with Crippen molar-refractivity contribution in [3.63, 3.8) is 0 Å². The highest BCUT2D eigenvalue weighted by atomic mass is 32.1. The van der Waals surface area contributed by atoms with E-state index in [2.05, 4.69) is 43.4 Å². The Hall–Kier alpha value is -1.80. The number of likely N-dealkylation sites (tertiary alicyclic amines) is 1. The molecule has 1 aromatic heterocycles. The van der Waals surface area contributed by atoms with E-state index in [-0.39, 0.29) is 6.09 Å². The van der Waals surface area contributed by atoms with Gasteiger partial charge in [-0.3, -0.25) is 9.89 Å². The van der Waals surface area contributed by atoms with E-state index < -0.39 is 5.60 Å². The Morgan fingerprint density at radius 3 is 2.57 bits per heavy atom. The summed E-state index contributed by atoms with van der Waals surface area (Å²) in [4.78, 5) is 19.9. The maximum absolute atomic E-state index is 11.6. The first kappa shape index (κ1) is 22.5. The first-order valence-corrected chi connectivity index (χ1v) is 11.0. The van der Waals surface area contributed by atoms with Crippen molar-refractivity contribution in [2.45, 2.75) is 51.7 Å². The van der Waals surface area contributed by atoms with E-state index in [1.54, 1.807) is 7.05 Å². The zero-order chi connectivity index (χ0) is 20.4. The summed E-state index contributed by atoms with van der Waals surface area (Å²) >= 11 is 1.81. The lowest BCUT2D eigenvalue weighted by atomic mass is 10.2. The monoisotopic (exact) mass is 409 g/mol. The summed E-state index contributed by atoms with van der Waals surface area (Å²) in [5.41, 5.74) is -0.470. The second kappa shape index (κ2) is 11.3. The highest BCUT2D eigenvalue weighted by molar-refractivity contribution is 7.10. The van der Waals surface area contributed by atoms with Crippen LogP contribution in [0, 0.1) is 0 Å². The summed E-state index contributed by atoms with van der Waals surface area (Å²) in [7, 11) is 1.78. The molecule has 0 radical (unpaired) electrons. The lowest BCUT2D eigenvalue weighted by Gasteiger charge is -2.27. The van der Waals surface area contributed by atoms with E-state index in [0.717, 1.165) is 38.6 Å². The lowest BCUT2D eigenvalue weighted by Crippen LogP contribution is -2.43. The Morgan fingerprint density at radius 2 is 1.96 bits per heavy atom. The summed E-state index contributed by atoms with van der Waals surface area (Å²) < 4.78 is 5.23. The van der Waals surface area contributed by atoms with Crippen molar-refractivity contribution >= 4 is 23.4 Å². The van der Waals surface area contributed by atoms with Gasteiger partial charge in [-0.25, -0.2) is 4.79 Å². The number of hydrogen-bond donors (Lipinski definition) is 3. The van der Waals surface area contributed by atoms with Crippen molar-refractivity contribution in [3.05, 3.63) is 22.4 Å². The van der Waals surface area contributed by atoms with Gasteiger partial charge in [-0.1, -0.05) is 6.07 Å². The minimum atomic E-state index is -0.470. The Balaban J connectivity index is 1.69. The van der Waals surface area contributed by atoms with Crippen LogP contribution in [0.15, 0.2) is 22.5 Å². The predicted octanol–water partition coefficient (Wildman–Crippen LogP) is 2.96. The van der Waals surface area contributed by atoms with Gasteiger partial charge in [0.25, 0.3) is 0 Å². The molecule has 0 bridgehead atoms. The van der Waals surface area contributed by atoms with Crippen molar-refractivity contribution in [2.75, 3.05) is 39.8 Å². The Labute approximate surface area is 172 Å². The standard InChI is InChI=1S/C20H35N5O2S/c1-20(2,3)27-19(26)23-11-8-10-22-18(21-4)24-15-16(17-9-7-14-28-17)25-12-5-6-13-25/h7,9,14,16H,5-6,8,10-13,15H2,1-4H3,(H,23,26)(H2,21,22,24). The molecule has 0 spiro atoms. The largest absolute Gasteiger partial charge is 0.444 e. The molecule has 1 fully saturated rings. The van der Waals surface area contributed by atoms with E-state index in [9.17, 15) is 4.79 Å². The number of nitrogens with one attached hydrogen (secondary N) is 3. The third-order valence-electron chi connectivity index (χ3n) is 4.45. The summed E-state index contributed by atoms with van der Waals surface area (Å²) in [6.07, 6.45) is 2.97. The molecule has 28 heavy (non-hydrogen) atoms. The van der Waals surface area contributed by atoms with Gasteiger partial charge in [0, 0.05) is 31.6 Å². The van der Waals surface area contributed by atoms with Crippen LogP contribution in [0.3, 0.4) is 0 Å². The number of rotatable bonds is 8. The fourth-order valence-corrected chi connectivity index (χ4v) is 4.02. The summed E-state index contributed by atoms with van der Waals surface area (Å²) in [5.74, 6) is 0.790. The number of hydrogen-bond acceptors (Lipinski definition) is 5. The molecule has 0 saturated carbocycles. The third-order valence-corrected chi connectivity index (χ3v) is 5.43. The molecule has 0 aromatic carbocycles. The quantitative estimate of drug-likeness (QED) is 0.350. The van der Waals surface area contributed by atoms with Gasteiger partial charge in [0.15, 0.2) is 5.96 Å². The molecule has 1 saturated heterocycles. The summed E-state index contributed by atoms with van der Waals surface area (Å²) in [5, 5.41) is 11.7. The topological polar surface area (TPSA) is 78.0 Å². The highest BCUT2D eigenvalue weighted by Gasteiger charge is 2.24. The molecule has 2 heterocycles. The molecule has 1 aliphatic rings. The van der Waals surface area contributed by atoms with Crippen LogP contribution < -0.4 is 16.0 Å². The predicted molar refractivity (Wildman–Crippen MR) is 116 cm³/mol. The average Bonchev–Trinajstić information content (AvgIpc) is 3.32. The summed E-state index contributed by atoms with van der Waals surface area (Å²) in [6, 6.07) is 4.72. The molecule has 7 nitrogen and oxygen atoms in total. The van der Waals surface area contributed by atoms with Crippen LogP contribution in [0.4, 0.5) is 4.79 Å². The van der Waals surface area contributed by atoms with E-state index in [4.69, 9.17) is 4.74 Å². The van der Waals surface area contributed by atoms with Gasteiger partial charge in [0.05, 0.1) is 6.04 Å². The number of carbonyl (C=O) groups is 1. The van der Waals surface area contributed by atoms with Crippen LogP contribution in [0.25, 0.3) is 0 Å². The minimum absolute atomic E-state index is 0.376. The maximum atomic E-state index is 11.6. The third kappa shape index (κ3) is 8.06. The van der Waals surface area contributed by atoms with Crippen molar-refractivity contribution < 1.29 is 9.53 Å². The van der Waals surface area contributed by atoms with Crippen molar-refractivity contribution in [2.24, 2.45) is 4.99 Å². The normalized spacial score (nSPS) is 16.6.